The maximum Gasteiger partial charge on any atom is 0.328 e. The monoisotopic (exact) mass is 246 g/mol. The van der Waals surface area contributed by atoms with Crippen LogP contribution in [0.2, 0.25) is 0 Å². The third kappa shape index (κ3) is 2.40. The summed E-state index contributed by atoms with van der Waals surface area (Å²) >= 11 is 0. The van der Waals surface area contributed by atoms with E-state index in [0.717, 1.165) is 19.3 Å². The fourth-order valence-corrected chi connectivity index (χ4v) is 2.10. The number of piperidine rings is 1. The largest absolute Gasteiger partial charge is 0.467 e. The molecule has 0 aliphatic carbocycles. The van der Waals surface area contributed by atoms with Gasteiger partial charge < -0.3 is 9.64 Å². The summed E-state index contributed by atoms with van der Waals surface area (Å²) in [6.45, 7) is 0.703. The fraction of sp³-hybridized carbons (Fsp3) is 0.500. The summed E-state index contributed by atoms with van der Waals surface area (Å²) in [5.41, 5.74) is 0.300. The quantitative estimate of drug-likeness (QED) is 0.721. The predicted octanol–water partition coefficient (Wildman–Crippen LogP) is 0.880. The van der Waals surface area contributed by atoms with E-state index in [-0.39, 0.29) is 12.0 Å². The van der Waals surface area contributed by atoms with Crippen molar-refractivity contribution in [3.8, 4) is 6.07 Å². The van der Waals surface area contributed by atoms with Crippen molar-refractivity contribution in [1.29, 1.82) is 5.26 Å². The Balaban J connectivity index is 2.28. The summed E-state index contributed by atoms with van der Waals surface area (Å²) in [7, 11) is 1.38. The van der Waals surface area contributed by atoms with E-state index in [1.54, 1.807) is 6.07 Å². The maximum atomic E-state index is 11.7. The molecular formula is C12H14N4O2. The van der Waals surface area contributed by atoms with Gasteiger partial charge in [0, 0.05) is 12.7 Å². The molecule has 0 bridgehead atoms. The minimum atomic E-state index is -0.349. The molecule has 6 nitrogen and oxygen atoms in total. The molecule has 1 unspecified atom stereocenters. The van der Waals surface area contributed by atoms with Gasteiger partial charge in [-0.1, -0.05) is 0 Å². The summed E-state index contributed by atoms with van der Waals surface area (Å²) in [6.07, 6.45) is 4.22. The molecule has 0 N–H and O–H groups in total. The second-order valence-corrected chi connectivity index (χ2v) is 4.08. The fourth-order valence-electron chi connectivity index (χ4n) is 2.10. The molecular weight excluding hydrogens is 232 g/mol. The summed E-state index contributed by atoms with van der Waals surface area (Å²) in [5.74, 6) is 0.143. The van der Waals surface area contributed by atoms with Crippen molar-refractivity contribution in [3.05, 3.63) is 18.0 Å². The van der Waals surface area contributed by atoms with Gasteiger partial charge in [0.15, 0.2) is 0 Å². The number of anilines is 1. The second kappa shape index (κ2) is 5.45. The molecule has 1 aromatic rings. The molecule has 0 aromatic carbocycles. The highest BCUT2D eigenvalue weighted by molar-refractivity contribution is 5.79. The first-order chi connectivity index (χ1) is 8.76. The van der Waals surface area contributed by atoms with Gasteiger partial charge in [0.25, 0.3) is 0 Å². The van der Waals surface area contributed by atoms with Crippen LogP contribution in [0.25, 0.3) is 0 Å². The molecule has 18 heavy (non-hydrogen) atoms. The number of esters is 1. The molecule has 0 saturated carbocycles. The minimum absolute atomic E-state index is 0.277. The molecule has 1 saturated heterocycles. The van der Waals surface area contributed by atoms with Crippen molar-refractivity contribution >= 4 is 11.9 Å². The lowest BCUT2D eigenvalue weighted by molar-refractivity contribution is -0.142. The van der Waals surface area contributed by atoms with Gasteiger partial charge in [0.2, 0.25) is 5.95 Å². The first kappa shape index (κ1) is 12.3. The molecule has 2 heterocycles. The van der Waals surface area contributed by atoms with Crippen LogP contribution in [0.5, 0.6) is 0 Å². The van der Waals surface area contributed by atoms with Crippen LogP contribution < -0.4 is 4.90 Å². The van der Waals surface area contributed by atoms with E-state index >= 15 is 0 Å². The van der Waals surface area contributed by atoms with Crippen LogP contribution >= 0.6 is 0 Å². The first-order valence-electron chi connectivity index (χ1n) is 5.84. The van der Waals surface area contributed by atoms with Gasteiger partial charge >= 0.3 is 5.97 Å². The number of hydrogen-bond donors (Lipinski definition) is 0. The topological polar surface area (TPSA) is 79.1 Å². The number of aromatic nitrogens is 2. The van der Waals surface area contributed by atoms with Crippen LogP contribution in [0.1, 0.15) is 25.0 Å². The Labute approximate surface area is 105 Å². The molecule has 1 aromatic heterocycles. The molecule has 6 heteroatoms. The minimum Gasteiger partial charge on any atom is -0.467 e. The predicted molar refractivity (Wildman–Crippen MR) is 63.7 cm³/mol. The standard InChI is InChI=1S/C12H14N4O2/c1-18-11(17)10-4-2-3-7-16(10)12-14-6-5-9(8-13)15-12/h5-6,10H,2-4,7H2,1H3. The SMILES string of the molecule is COC(=O)C1CCCCN1c1nccc(C#N)n1. The average Bonchev–Trinajstić information content (AvgIpc) is 2.46. The number of carbonyl (C=O) groups excluding carboxylic acids is 1. The molecule has 2 rings (SSSR count). The van der Waals surface area contributed by atoms with E-state index in [2.05, 4.69) is 9.97 Å². The Morgan fingerprint density at radius 3 is 3.17 bits per heavy atom. The van der Waals surface area contributed by atoms with Crippen LogP contribution in [0.4, 0.5) is 5.95 Å². The van der Waals surface area contributed by atoms with Crippen LogP contribution in [0.15, 0.2) is 12.3 Å². The van der Waals surface area contributed by atoms with Crippen molar-refractivity contribution in [3.63, 3.8) is 0 Å². The number of hydrogen-bond acceptors (Lipinski definition) is 6. The van der Waals surface area contributed by atoms with E-state index < -0.39 is 0 Å². The normalized spacial score (nSPS) is 19.1. The Hall–Kier alpha value is -2.16. The average molecular weight is 246 g/mol. The van der Waals surface area contributed by atoms with Gasteiger partial charge in [-0.2, -0.15) is 5.26 Å². The lowest BCUT2D eigenvalue weighted by Crippen LogP contribution is -2.46. The zero-order chi connectivity index (χ0) is 13.0. The number of rotatable bonds is 2. The third-order valence-electron chi connectivity index (χ3n) is 2.99. The zero-order valence-corrected chi connectivity index (χ0v) is 10.2. The Morgan fingerprint density at radius 1 is 1.61 bits per heavy atom. The Kier molecular flexibility index (Phi) is 3.72. The van der Waals surface area contributed by atoms with Gasteiger partial charge in [0.05, 0.1) is 7.11 Å². The number of carbonyl (C=O) groups is 1. The molecule has 0 radical (unpaired) electrons. The van der Waals surface area contributed by atoms with E-state index in [0.29, 0.717) is 18.2 Å². The lowest BCUT2D eigenvalue weighted by Gasteiger charge is -2.33. The van der Waals surface area contributed by atoms with Gasteiger partial charge in [-0.3, -0.25) is 0 Å². The summed E-state index contributed by atoms with van der Waals surface area (Å²) in [4.78, 5) is 21.8. The molecule has 0 amide bonds. The van der Waals surface area contributed by atoms with Crippen LogP contribution in [-0.4, -0.2) is 35.6 Å². The highest BCUT2D eigenvalue weighted by Gasteiger charge is 2.31. The maximum absolute atomic E-state index is 11.7. The molecule has 1 atom stereocenters. The summed E-state index contributed by atoms with van der Waals surface area (Å²) in [5, 5.41) is 8.83. The van der Waals surface area contributed by atoms with Gasteiger partial charge in [0.1, 0.15) is 17.8 Å². The van der Waals surface area contributed by atoms with Crippen LogP contribution in [0.3, 0.4) is 0 Å². The van der Waals surface area contributed by atoms with Crippen molar-refractivity contribution in [1.82, 2.24) is 9.97 Å². The lowest BCUT2D eigenvalue weighted by atomic mass is 10.0. The third-order valence-corrected chi connectivity index (χ3v) is 2.99. The molecule has 94 valence electrons. The molecule has 1 fully saturated rings. The molecule has 1 aliphatic heterocycles. The number of nitriles is 1. The van der Waals surface area contributed by atoms with Crippen LogP contribution in [-0.2, 0) is 9.53 Å². The van der Waals surface area contributed by atoms with Gasteiger partial charge in [-0.05, 0) is 25.3 Å². The summed E-state index contributed by atoms with van der Waals surface area (Å²) in [6, 6.07) is 3.16. The highest BCUT2D eigenvalue weighted by atomic mass is 16.5. The number of methoxy groups -OCH3 is 1. The number of nitrogens with zero attached hydrogens (tertiary/aromatic N) is 4. The van der Waals surface area contributed by atoms with Gasteiger partial charge in [-0.25, -0.2) is 14.8 Å². The summed E-state index contributed by atoms with van der Waals surface area (Å²) < 4.78 is 4.80. The van der Waals surface area contributed by atoms with Crippen molar-refractivity contribution in [2.45, 2.75) is 25.3 Å². The van der Waals surface area contributed by atoms with E-state index in [1.807, 2.05) is 11.0 Å². The number of ether oxygens (including phenoxy) is 1. The van der Waals surface area contributed by atoms with Crippen LogP contribution in [0, 0.1) is 11.3 Å². The second-order valence-electron chi connectivity index (χ2n) is 4.08. The van der Waals surface area contributed by atoms with Crippen molar-refractivity contribution in [2.24, 2.45) is 0 Å². The Morgan fingerprint density at radius 2 is 2.44 bits per heavy atom. The first-order valence-corrected chi connectivity index (χ1v) is 5.84. The Bertz CT molecular complexity index is 483. The van der Waals surface area contributed by atoms with E-state index in [4.69, 9.17) is 10.00 Å². The van der Waals surface area contributed by atoms with E-state index in [1.165, 1.54) is 13.3 Å². The van der Waals surface area contributed by atoms with Crippen molar-refractivity contribution < 1.29 is 9.53 Å². The smallest absolute Gasteiger partial charge is 0.328 e. The van der Waals surface area contributed by atoms with E-state index in [9.17, 15) is 4.79 Å². The molecule has 0 spiro atoms. The highest BCUT2D eigenvalue weighted by Crippen LogP contribution is 2.22. The van der Waals surface area contributed by atoms with Crippen molar-refractivity contribution in [2.75, 3.05) is 18.6 Å². The zero-order valence-electron chi connectivity index (χ0n) is 10.2. The van der Waals surface area contributed by atoms with Gasteiger partial charge in [-0.15, -0.1) is 0 Å². The molecule has 1 aliphatic rings.